The zero-order chi connectivity index (χ0) is 19.2. The Morgan fingerprint density at radius 3 is 2.85 bits per heavy atom. The van der Waals surface area contributed by atoms with E-state index in [1.807, 2.05) is 11.8 Å². The Morgan fingerprint density at radius 2 is 2.15 bits per heavy atom. The maximum atomic E-state index is 13.3. The van der Waals surface area contributed by atoms with E-state index in [0.717, 1.165) is 38.6 Å². The van der Waals surface area contributed by atoms with E-state index in [-0.39, 0.29) is 35.1 Å². The fourth-order valence-electron chi connectivity index (χ4n) is 4.83. The van der Waals surface area contributed by atoms with E-state index in [2.05, 4.69) is 0 Å². The van der Waals surface area contributed by atoms with Crippen molar-refractivity contribution in [1.82, 2.24) is 9.47 Å². The maximum absolute atomic E-state index is 13.3. The van der Waals surface area contributed by atoms with Crippen LogP contribution in [0.25, 0.3) is 0 Å². The Balaban J connectivity index is 1.82. The first-order chi connectivity index (χ1) is 13.0. The molecule has 7 heteroatoms. The van der Waals surface area contributed by atoms with Gasteiger partial charge in [0.2, 0.25) is 5.43 Å². The van der Waals surface area contributed by atoms with Crippen molar-refractivity contribution in [3.8, 4) is 5.75 Å². The van der Waals surface area contributed by atoms with Crippen LogP contribution in [0.2, 0.25) is 0 Å². The zero-order valence-corrected chi connectivity index (χ0v) is 16.0. The van der Waals surface area contributed by atoms with Crippen LogP contribution in [0.15, 0.2) is 11.0 Å². The smallest absolute Gasteiger partial charge is 0.343 e. The number of amides is 1. The maximum Gasteiger partial charge on any atom is 0.343 e. The molecular formula is C20H26N2O5. The van der Waals surface area contributed by atoms with Crippen LogP contribution in [-0.4, -0.2) is 46.6 Å². The fraction of sp³-hybridized carbons (Fsp3) is 0.650. The summed E-state index contributed by atoms with van der Waals surface area (Å²) in [7, 11) is 0. The molecule has 1 saturated heterocycles. The first kappa shape index (κ1) is 18.1. The van der Waals surface area contributed by atoms with Gasteiger partial charge >= 0.3 is 5.97 Å². The van der Waals surface area contributed by atoms with Crippen molar-refractivity contribution in [1.29, 1.82) is 0 Å². The van der Waals surface area contributed by atoms with Gasteiger partial charge < -0.3 is 18.9 Å². The van der Waals surface area contributed by atoms with Crippen LogP contribution in [0.3, 0.4) is 0 Å². The van der Waals surface area contributed by atoms with Crippen molar-refractivity contribution in [3.63, 3.8) is 0 Å². The molecule has 2 aliphatic heterocycles. The number of rotatable bonds is 6. The van der Waals surface area contributed by atoms with Gasteiger partial charge in [0, 0.05) is 19.3 Å². The molecule has 1 saturated carbocycles. The van der Waals surface area contributed by atoms with Gasteiger partial charge in [-0.1, -0.05) is 13.3 Å². The molecule has 146 valence electrons. The molecule has 3 heterocycles. The lowest BCUT2D eigenvalue weighted by atomic mass is 9.93. The van der Waals surface area contributed by atoms with Gasteiger partial charge in [-0.25, -0.2) is 4.79 Å². The van der Waals surface area contributed by atoms with Gasteiger partial charge in [-0.15, -0.1) is 0 Å². The second-order valence-corrected chi connectivity index (χ2v) is 7.85. The summed E-state index contributed by atoms with van der Waals surface area (Å²) in [6.45, 7) is 5.60. The Hall–Kier alpha value is -2.31. The third kappa shape index (κ3) is 2.75. The summed E-state index contributed by atoms with van der Waals surface area (Å²) in [5, 5.41) is 0. The van der Waals surface area contributed by atoms with Gasteiger partial charge in [-0.3, -0.25) is 9.59 Å². The number of hydrogen-bond acceptors (Lipinski definition) is 5. The molecule has 2 fully saturated rings. The molecular weight excluding hydrogens is 348 g/mol. The summed E-state index contributed by atoms with van der Waals surface area (Å²) < 4.78 is 12.6. The predicted molar refractivity (Wildman–Crippen MR) is 98.2 cm³/mol. The number of carbonyl (C=O) groups is 2. The number of unbranched alkanes of at least 4 members (excludes halogenated alkanes) is 1. The highest BCUT2D eigenvalue weighted by molar-refractivity contribution is 5.98. The molecule has 1 amide bonds. The number of hydrogen-bond donors (Lipinski definition) is 0. The van der Waals surface area contributed by atoms with E-state index < -0.39 is 11.4 Å². The van der Waals surface area contributed by atoms with Crippen LogP contribution in [0.1, 0.15) is 66.8 Å². The second kappa shape index (κ2) is 6.69. The summed E-state index contributed by atoms with van der Waals surface area (Å²) >= 11 is 0. The minimum atomic E-state index is -0.666. The number of carbonyl (C=O) groups excluding carboxylic acids is 2. The number of pyridine rings is 1. The lowest BCUT2D eigenvalue weighted by Gasteiger charge is -2.44. The van der Waals surface area contributed by atoms with Crippen LogP contribution < -0.4 is 10.2 Å². The van der Waals surface area contributed by atoms with Crippen LogP contribution >= 0.6 is 0 Å². The number of nitrogens with zero attached hydrogens (tertiary/aromatic N) is 2. The number of aromatic nitrogens is 1. The van der Waals surface area contributed by atoms with E-state index in [9.17, 15) is 14.4 Å². The van der Waals surface area contributed by atoms with Crippen LogP contribution in [0.5, 0.6) is 5.75 Å². The molecule has 0 N–H and O–H groups in total. The highest BCUT2D eigenvalue weighted by atomic mass is 16.5. The van der Waals surface area contributed by atoms with Crippen LogP contribution in [-0.2, 0) is 11.3 Å². The predicted octanol–water partition coefficient (Wildman–Crippen LogP) is 2.21. The number of ether oxygens (including phenoxy) is 2. The molecule has 0 radical (unpaired) electrons. The van der Waals surface area contributed by atoms with Gasteiger partial charge in [0.1, 0.15) is 5.56 Å². The first-order valence-corrected chi connectivity index (χ1v) is 9.90. The van der Waals surface area contributed by atoms with Gasteiger partial charge in [0.05, 0.1) is 18.8 Å². The lowest BCUT2D eigenvalue weighted by Crippen LogP contribution is -2.55. The molecule has 7 nitrogen and oxygen atoms in total. The third-order valence-corrected chi connectivity index (χ3v) is 6.09. The van der Waals surface area contributed by atoms with Gasteiger partial charge in [0.25, 0.3) is 5.91 Å². The molecule has 1 aromatic heterocycles. The van der Waals surface area contributed by atoms with E-state index in [1.54, 1.807) is 11.5 Å². The largest absolute Gasteiger partial charge is 0.487 e. The highest BCUT2D eigenvalue weighted by Crippen LogP contribution is 2.50. The van der Waals surface area contributed by atoms with Crippen molar-refractivity contribution in [2.75, 3.05) is 19.8 Å². The average molecular weight is 374 g/mol. The molecule has 1 spiro atoms. The van der Waals surface area contributed by atoms with Crippen LogP contribution in [0.4, 0.5) is 0 Å². The lowest BCUT2D eigenvalue weighted by molar-refractivity contribution is 0.0388. The number of fused-ring (bicyclic) bond motifs is 2. The van der Waals surface area contributed by atoms with E-state index in [1.165, 1.54) is 6.20 Å². The standard InChI is InChI=1S/C20H26N2O5/c1-3-5-8-27-17-15-18(24)22-10-13-6-7-20(22,9-13)12-21(15)11-14(16(17)23)19(25)26-4-2/h11,13H,3-10,12H2,1-2H3/t13-,20+/m1/s1. The van der Waals surface area contributed by atoms with E-state index >= 15 is 0 Å². The average Bonchev–Trinajstić information content (AvgIpc) is 3.21. The molecule has 27 heavy (non-hydrogen) atoms. The van der Waals surface area contributed by atoms with Crippen molar-refractivity contribution in [3.05, 3.63) is 27.7 Å². The topological polar surface area (TPSA) is 77.8 Å². The fourth-order valence-corrected chi connectivity index (χ4v) is 4.83. The van der Waals surface area contributed by atoms with Crippen molar-refractivity contribution < 1.29 is 19.1 Å². The van der Waals surface area contributed by atoms with Crippen molar-refractivity contribution in [2.24, 2.45) is 5.92 Å². The molecule has 2 bridgehead atoms. The molecule has 1 aromatic rings. The van der Waals surface area contributed by atoms with E-state index in [4.69, 9.17) is 9.47 Å². The Kier molecular flexibility index (Phi) is 4.48. The monoisotopic (exact) mass is 374 g/mol. The summed E-state index contributed by atoms with van der Waals surface area (Å²) in [6.07, 6.45) is 6.26. The van der Waals surface area contributed by atoms with E-state index in [0.29, 0.717) is 19.1 Å². The molecule has 4 rings (SSSR count). The summed E-state index contributed by atoms with van der Waals surface area (Å²) in [5.74, 6) is -0.287. The zero-order valence-electron chi connectivity index (χ0n) is 16.0. The Labute approximate surface area is 158 Å². The number of esters is 1. The van der Waals surface area contributed by atoms with Gasteiger partial charge in [-0.2, -0.15) is 0 Å². The minimum absolute atomic E-state index is 0.00312. The Bertz CT molecular complexity index is 846. The van der Waals surface area contributed by atoms with Gasteiger partial charge in [0.15, 0.2) is 11.4 Å². The third-order valence-electron chi connectivity index (χ3n) is 6.09. The summed E-state index contributed by atoms with van der Waals surface area (Å²) in [5.41, 5.74) is -0.514. The summed E-state index contributed by atoms with van der Waals surface area (Å²) in [6, 6.07) is 0. The molecule has 2 atom stereocenters. The number of piperidine rings is 1. The minimum Gasteiger partial charge on any atom is -0.487 e. The van der Waals surface area contributed by atoms with Crippen LogP contribution in [0, 0.1) is 5.92 Å². The quantitative estimate of drug-likeness (QED) is 0.564. The van der Waals surface area contributed by atoms with Gasteiger partial charge in [-0.05, 0) is 38.5 Å². The van der Waals surface area contributed by atoms with Crippen molar-refractivity contribution >= 4 is 11.9 Å². The first-order valence-electron chi connectivity index (χ1n) is 9.90. The molecule has 3 aliphatic rings. The highest BCUT2D eigenvalue weighted by Gasteiger charge is 2.56. The second-order valence-electron chi connectivity index (χ2n) is 7.85. The molecule has 0 unspecified atom stereocenters. The van der Waals surface area contributed by atoms with Crippen molar-refractivity contribution in [2.45, 2.75) is 58.0 Å². The molecule has 0 aromatic carbocycles. The molecule has 1 aliphatic carbocycles. The summed E-state index contributed by atoms with van der Waals surface area (Å²) in [4.78, 5) is 40.5. The Morgan fingerprint density at radius 1 is 1.33 bits per heavy atom. The normalized spacial score (nSPS) is 25.3. The SMILES string of the molecule is CCCCOc1c2n(cc(C(=O)OCC)c1=O)C[C@@]13CC[C@@H](CN1C2=O)C3.